The molecule has 6 nitrogen and oxygen atoms in total. The van der Waals surface area contributed by atoms with E-state index in [2.05, 4.69) is 4.72 Å². The van der Waals surface area contributed by atoms with Gasteiger partial charge in [-0.25, -0.2) is 13.1 Å². The van der Waals surface area contributed by atoms with Crippen LogP contribution in [0.4, 0.5) is 0 Å². The highest BCUT2D eigenvalue weighted by Gasteiger charge is 2.25. The van der Waals surface area contributed by atoms with E-state index in [1.54, 1.807) is 0 Å². The van der Waals surface area contributed by atoms with E-state index >= 15 is 0 Å². The molecule has 0 saturated heterocycles. The van der Waals surface area contributed by atoms with Crippen LogP contribution in [0.5, 0.6) is 0 Å². The van der Waals surface area contributed by atoms with Crippen LogP contribution in [0.15, 0.2) is 53.4 Å². The molecule has 1 aliphatic rings. The van der Waals surface area contributed by atoms with Crippen molar-refractivity contribution < 1.29 is 17.9 Å². The minimum absolute atomic E-state index is 0.0650. The van der Waals surface area contributed by atoms with Crippen LogP contribution in [0.25, 0.3) is 0 Å². The molecule has 0 aliphatic carbocycles. The normalized spacial score (nSPS) is 16.5. The first kappa shape index (κ1) is 17.1. The summed E-state index contributed by atoms with van der Waals surface area (Å²) >= 11 is 0. The van der Waals surface area contributed by atoms with E-state index in [0.29, 0.717) is 12.2 Å². The molecule has 0 saturated carbocycles. The predicted molar refractivity (Wildman–Crippen MR) is 89.9 cm³/mol. The molecule has 128 valence electrons. The van der Waals surface area contributed by atoms with Crippen LogP contribution in [0.2, 0.25) is 0 Å². The Bertz CT molecular complexity index is 930. The molecule has 2 aromatic rings. The van der Waals surface area contributed by atoms with E-state index in [1.807, 2.05) is 30.3 Å². The average molecular weight is 356 g/mol. The number of sulfonamides is 1. The van der Waals surface area contributed by atoms with E-state index in [9.17, 15) is 13.2 Å². The van der Waals surface area contributed by atoms with Crippen LogP contribution in [0, 0.1) is 11.3 Å². The second kappa shape index (κ2) is 7.05. The maximum Gasteiger partial charge on any atom is 0.264 e. The monoisotopic (exact) mass is 356 g/mol. The van der Waals surface area contributed by atoms with Crippen LogP contribution in [0.1, 0.15) is 29.2 Å². The van der Waals surface area contributed by atoms with Crippen molar-refractivity contribution in [2.75, 3.05) is 6.61 Å². The van der Waals surface area contributed by atoms with Gasteiger partial charge in [0.15, 0.2) is 0 Å². The predicted octanol–water partition coefficient (Wildman–Crippen LogP) is 2.07. The van der Waals surface area contributed by atoms with Crippen molar-refractivity contribution in [1.29, 1.82) is 5.26 Å². The standard InChI is InChI=1S/C18H16N2O4S/c19-12-13-5-7-15(8-6-13)25(22,23)20-18(21)11-17-16-4-2-1-3-14(16)9-10-24-17/h1-8,17H,9-11H2,(H,20,21). The lowest BCUT2D eigenvalue weighted by Gasteiger charge is -2.25. The first-order valence-corrected chi connectivity index (χ1v) is 9.23. The molecule has 1 unspecified atom stereocenters. The zero-order chi connectivity index (χ0) is 17.9. The summed E-state index contributed by atoms with van der Waals surface area (Å²) in [5, 5.41) is 8.76. The van der Waals surface area contributed by atoms with Crippen LogP contribution in [-0.2, 0) is 26.0 Å². The summed E-state index contributed by atoms with van der Waals surface area (Å²) in [6.45, 7) is 0.497. The fourth-order valence-corrected chi connectivity index (χ4v) is 3.77. The number of nitriles is 1. The van der Waals surface area contributed by atoms with Crippen molar-refractivity contribution >= 4 is 15.9 Å². The molecule has 1 N–H and O–H groups in total. The Morgan fingerprint density at radius 3 is 2.64 bits per heavy atom. The zero-order valence-electron chi connectivity index (χ0n) is 13.3. The van der Waals surface area contributed by atoms with Gasteiger partial charge < -0.3 is 4.74 Å². The van der Waals surface area contributed by atoms with E-state index in [4.69, 9.17) is 10.00 Å². The van der Waals surface area contributed by atoms with E-state index in [-0.39, 0.29) is 11.3 Å². The largest absolute Gasteiger partial charge is 0.373 e. The molecule has 1 atom stereocenters. The summed E-state index contributed by atoms with van der Waals surface area (Å²) in [5.74, 6) is -0.633. The fourth-order valence-electron chi connectivity index (χ4n) is 2.77. The van der Waals surface area contributed by atoms with Crippen molar-refractivity contribution in [3.8, 4) is 6.07 Å². The van der Waals surface area contributed by atoms with Gasteiger partial charge in [-0.2, -0.15) is 5.26 Å². The molecule has 2 aromatic carbocycles. The first-order valence-electron chi connectivity index (χ1n) is 7.75. The van der Waals surface area contributed by atoms with Crippen LogP contribution in [0.3, 0.4) is 0 Å². The van der Waals surface area contributed by atoms with E-state index < -0.39 is 22.0 Å². The molecule has 0 aromatic heterocycles. The minimum atomic E-state index is -3.98. The molecule has 1 aliphatic heterocycles. The summed E-state index contributed by atoms with van der Waals surface area (Å²) in [5.41, 5.74) is 2.37. The molecular weight excluding hydrogens is 340 g/mol. The SMILES string of the molecule is N#Cc1ccc(S(=O)(=O)NC(=O)CC2OCCc3ccccc32)cc1. The molecule has 1 amide bonds. The number of ether oxygens (including phenoxy) is 1. The average Bonchev–Trinajstić information content (AvgIpc) is 2.61. The van der Waals surface area contributed by atoms with Gasteiger partial charge in [-0.3, -0.25) is 4.79 Å². The van der Waals surface area contributed by atoms with Gasteiger partial charge in [0, 0.05) is 0 Å². The van der Waals surface area contributed by atoms with Crippen molar-refractivity contribution in [3.63, 3.8) is 0 Å². The Kier molecular flexibility index (Phi) is 4.83. The highest BCUT2D eigenvalue weighted by Crippen LogP contribution is 2.29. The van der Waals surface area contributed by atoms with Gasteiger partial charge in [-0.1, -0.05) is 24.3 Å². The molecule has 0 spiro atoms. The Hall–Kier alpha value is -2.69. The van der Waals surface area contributed by atoms with Crippen LogP contribution < -0.4 is 4.72 Å². The van der Waals surface area contributed by atoms with Crippen molar-refractivity contribution in [2.45, 2.75) is 23.8 Å². The molecule has 3 rings (SSSR count). The number of amides is 1. The lowest BCUT2D eigenvalue weighted by atomic mass is 9.96. The van der Waals surface area contributed by atoms with Gasteiger partial charge >= 0.3 is 0 Å². The number of hydrogen-bond acceptors (Lipinski definition) is 5. The third-order valence-electron chi connectivity index (χ3n) is 4.01. The number of nitrogens with zero attached hydrogens (tertiary/aromatic N) is 1. The molecule has 0 radical (unpaired) electrons. The van der Waals surface area contributed by atoms with Crippen molar-refractivity contribution in [3.05, 3.63) is 65.2 Å². The maximum absolute atomic E-state index is 12.3. The maximum atomic E-state index is 12.3. The number of carbonyl (C=O) groups excluding carboxylic acids is 1. The number of hydrogen-bond donors (Lipinski definition) is 1. The Labute approximate surface area is 146 Å². The van der Waals surface area contributed by atoms with Crippen molar-refractivity contribution in [1.82, 2.24) is 4.72 Å². The number of rotatable bonds is 4. The van der Waals surface area contributed by atoms with Gasteiger partial charge in [-0.15, -0.1) is 0 Å². The highest BCUT2D eigenvalue weighted by atomic mass is 32.2. The summed E-state index contributed by atoms with van der Waals surface area (Å²) in [7, 11) is -3.98. The van der Waals surface area contributed by atoms with E-state index in [0.717, 1.165) is 17.5 Å². The first-order chi connectivity index (χ1) is 12.0. The fraction of sp³-hybridized carbons (Fsp3) is 0.222. The van der Waals surface area contributed by atoms with Gasteiger partial charge in [0.25, 0.3) is 10.0 Å². The summed E-state index contributed by atoms with van der Waals surface area (Å²) in [6.07, 6.45) is 0.241. The van der Waals surface area contributed by atoms with E-state index in [1.165, 1.54) is 24.3 Å². The molecule has 25 heavy (non-hydrogen) atoms. The molecule has 0 fully saturated rings. The number of carbonyl (C=O) groups is 1. The number of fused-ring (bicyclic) bond motifs is 1. The number of benzene rings is 2. The number of nitrogens with one attached hydrogen (secondary N) is 1. The van der Waals surface area contributed by atoms with Gasteiger partial charge in [0.05, 0.1) is 35.7 Å². The third-order valence-corrected chi connectivity index (χ3v) is 5.39. The van der Waals surface area contributed by atoms with Gasteiger partial charge in [0.2, 0.25) is 5.91 Å². The van der Waals surface area contributed by atoms with Crippen molar-refractivity contribution in [2.24, 2.45) is 0 Å². The minimum Gasteiger partial charge on any atom is -0.373 e. The lowest BCUT2D eigenvalue weighted by Crippen LogP contribution is -2.32. The molecule has 7 heteroatoms. The summed E-state index contributed by atoms with van der Waals surface area (Å²) < 4.78 is 32.2. The smallest absolute Gasteiger partial charge is 0.264 e. The van der Waals surface area contributed by atoms with Crippen LogP contribution in [-0.4, -0.2) is 20.9 Å². The second-order valence-electron chi connectivity index (χ2n) is 5.68. The topological polar surface area (TPSA) is 96.3 Å². The Morgan fingerprint density at radius 2 is 1.92 bits per heavy atom. The summed E-state index contributed by atoms with van der Waals surface area (Å²) in [6, 6.07) is 14.9. The molecular formula is C18H16N2O4S. The molecule has 1 heterocycles. The Balaban J connectivity index is 1.71. The quantitative estimate of drug-likeness (QED) is 0.905. The summed E-state index contributed by atoms with van der Waals surface area (Å²) in [4.78, 5) is 12.1. The molecule has 0 bridgehead atoms. The lowest BCUT2D eigenvalue weighted by molar-refractivity contribution is -0.122. The van der Waals surface area contributed by atoms with Gasteiger partial charge in [-0.05, 0) is 41.8 Å². The highest BCUT2D eigenvalue weighted by molar-refractivity contribution is 7.90. The third kappa shape index (κ3) is 3.87. The van der Waals surface area contributed by atoms with Gasteiger partial charge in [0.1, 0.15) is 0 Å². The zero-order valence-corrected chi connectivity index (χ0v) is 14.1. The van der Waals surface area contributed by atoms with Crippen LogP contribution >= 0.6 is 0 Å². The Morgan fingerprint density at radius 1 is 1.20 bits per heavy atom. The second-order valence-corrected chi connectivity index (χ2v) is 7.36.